The van der Waals surface area contributed by atoms with E-state index in [1.807, 2.05) is 48.5 Å². The maximum Gasteiger partial charge on any atom is 0.214 e. The molecule has 4 heterocycles. The second-order valence-electron chi connectivity index (χ2n) is 19.3. The second kappa shape index (κ2) is 15.8. The van der Waals surface area contributed by atoms with E-state index in [0.29, 0.717) is 11.8 Å². The molecule has 0 saturated carbocycles. The van der Waals surface area contributed by atoms with Crippen molar-refractivity contribution in [2.75, 3.05) is 0 Å². The Kier molecular flexibility index (Phi) is 11.3. The van der Waals surface area contributed by atoms with Gasteiger partial charge in [-0.05, 0) is 104 Å². The zero-order valence-corrected chi connectivity index (χ0v) is 40.5. The van der Waals surface area contributed by atoms with E-state index in [9.17, 15) is 0 Å². The third kappa shape index (κ3) is 7.09. The quantitative estimate of drug-likeness (QED) is 0.121. The summed E-state index contributed by atoms with van der Waals surface area (Å²) in [6.07, 6.45) is 3.69. The summed E-state index contributed by atoms with van der Waals surface area (Å²) in [5.41, 5.74) is 10.7. The van der Waals surface area contributed by atoms with E-state index < -0.39 is 10.8 Å². The largest absolute Gasteiger partial charge is 0.472 e. The summed E-state index contributed by atoms with van der Waals surface area (Å²) in [6.45, 7) is 30.3. The summed E-state index contributed by atoms with van der Waals surface area (Å²) in [6, 6.07) is 29.5. The van der Waals surface area contributed by atoms with Crippen LogP contribution in [0.15, 0.2) is 84.9 Å². The molecule has 0 spiro atoms. The fraction of sp³-hybridized carbons (Fsp3) is 0.434. The summed E-state index contributed by atoms with van der Waals surface area (Å²) >= 11 is 0. The molecule has 0 aliphatic carbocycles. The molecule has 0 radical (unpaired) electrons. The molecule has 8 rings (SSSR count). The number of rotatable bonds is 11. The standard InChI is InChI=1S/C53H64N2O4P2/c1-14-49(7,8)36-30-38-46(58-60-48(51(38,11)16-3)56-42-28-26-34-22-18-20-24-40(34)54-42)44(32(36)5)45-33(6)37(50(9,10)15-2)31-39-47(45)59-61-53(13,52(39,12)17-4)57-43-29-27-35-23-19-21-25-41(35)55-43/h18-31,48,60-61H,14-17H2,1-13H3. The van der Waals surface area contributed by atoms with Crippen LogP contribution in [-0.2, 0) is 21.7 Å². The second-order valence-corrected chi connectivity index (χ2v) is 21.6. The van der Waals surface area contributed by atoms with Crippen molar-refractivity contribution in [2.45, 2.75) is 149 Å². The van der Waals surface area contributed by atoms with Crippen molar-refractivity contribution in [3.63, 3.8) is 0 Å². The number of fused-ring (bicyclic) bond motifs is 4. The van der Waals surface area contributed by atoms with Gasteiger partial charge in [0.05, 0.1) is 11.0 Å². The first-order chi connectivity index (χ1) is 28.9. The van der Waals surface area contributed by atoms with E-state index in [4.69, 9.17) is 28.5 Å². The van der Waals surface area contributed by atoms with Crippen LogP contribution < -0.4 is 18.5 Å². The average Bonchev–Trinajstić information content (AvgIpc) is 3.25. The highest BCUT2D eigenvalue weighted by Crippen LogP contribution is 2.64. The normalized spacial score (nSPS) is 23.4. The SMILES string of the molecule is CCC(C)(C)c1cc2c(c(-c3c(C)c(C(C)(C)CC)cc4c3OPC(C)(Oc3ccc5ccccc5n3)C4(C)CC)c1C)OPC(Oc1ccc3ccccc3n1)C2(C)CC. The Balaban J connectivity index is 1.35. The van der Waals surface area contributed by atoms with Crippen LogP contribution in [0, 0.1) is 13.8 Å². The highest BCUT2D eigenvalue weighted by Gasteiger charge is 2.55. The Morgan fingerprint density at radius 1 is 0.639 bits per heavy atom. The number of aromatic nitrogens is 2. The van der Waals surface area contributed by atoms with Crippen LogP contribution in [0.5, 0.6) is 23.3 Å². The van der Waals surface area contributed by atoms with E-state index >= 15 is 0 Å². The van der Waals surface area contributed by atoms with Gasteiger partial charge in [0.2, 0.25) is 11.8 Å². The van der Waals surface area contributed by atoms with E-state index in [1.54, 1.807) is 0 Å². The third-order valence-corrected chi connectivity index (χ3v) is 17.8. The topological polar surface area (TPSA) is 62.7 Å². The number of pyridine rings is 2. The average molecular weight is 855 g/mol. The minimum Gasteiger partial charge on any atom is -0.472 e. The van der Waals surface area contributed by atoms with E-state index in [0.717, 1.165) is 70.1 Å². The maximum absolute atomic E-state index is 7.26. The molecule has 2 aliphatic rings. The lowest BCUT2D eigenvalue weighted by atomic mass is 9.68. The van der Waals surface area contributed by atoms with Crippen LogP contribution in [0.2, 0.25) is 0 Å². The Hall–Kier alpha value is -4.24. The molecule has 4 aromatic carbocycles. The number of para-hydroxylation sites is 2. The van der Waals surface area contributed by atoms with Crippen molar-refractivity contribution >= 4 is 39.4 Å². The zero-order valence-electron chi connectivity index (χ0n) is 38.5. The van der Waals surface area contributed by atoms with Crippen LogP contribution in [-0.4, -0.2) is 21.2 Å². The van der Waals surface area contributed by atoms with Crippen molar-refractivity contribution in [1.82, 2.24) is 9.97 Å². The molecule has 8 heteroatoms. The summed E-state index contributed by atoms with van der Waals surface area (Å²) < 4.78 is 28.5. The van der Waals surface area contributed by atoms with Crippen LogP contribution in [0.4, 0.5) is 0 Å². The molecule has 0 N–H and O–H groups in total. The predicted octanol–water partition coefficient (Wildman–Crippen LogP) is 14.9. The first-order valence-corrected chi connectivity index (χ1v) is 24.2. The van der Waals surface area contributed by atoms with Gasteiger partial charge in [0.15, 0.2) is 11.2 Å². The molecule has 320 valence electrons. The lowest BCUT2D eigenvalue weighted by molar-refractivity contribution is 0.0726. The van der Waals surface area contributed by atoms with Gasteiger partial charge in [-0.1, -0.05) is 118 Å². The Labute approximate surface area is 367 Å². The zero-order chi connectivity index (χ0) is 43.7. The summed E-state index contributed by atoms with van der Waals surface area (Å²) in [5.74, 6) is 2.92. The number of hydrogen-bond donors (Lipinski definition) is 0. The lowest BCUT2D eigenvalue weighted by Crippen LogP contribution is -2.51. The molecule has 6 nitrogen and oxygen atoms in total. The van der Waals surface area contributed by atoms with Crippen LogP contribution >= 0.6 is 17.6 Å². The molecule has 0 fully saturated rings. The van der Waals surface area contributed by atoms with E-state index in [1.165, 1.54) is 33.4 Å². The van der Waals surface area contributed by atoms with Gasteiger partial charge in [-0.2, -0.15) is 0 Å². The summed E-state index contributed by atoms with van der Waals surface area (Å²) in [5, 5.41) is 1.50. The molecule has 61 heavy (non-hydrogen) atoms. The van der Waals surface area contributed by atoms with E-state index in [2.05, 4.69) is 126 Å². The fourth-order valence-electron chi connectivity index (χ4n) is 9.59. The van der Waals surface area contributed by atoms with E-state index in [-0.39, 0.29) is 39.7 Å². The molecular weight excluding hydrogens is 791 g/mol. The van der Waals surface area contributed by atoms with Crippen molar-refractivity contribution < 1.29 is 18.5 Å². The highest BCUT2D eigenvalue weighted by atomic mass is 31.1. The van der Waals surface area contributed by atoms with Crippen LogP contribution in [0.25, 0.3) is 32.9 Å². The highest BCUT2D eigenvalue weighted by molar-refractivity contribution is 7.35. The first-order valence-electron chi connectivity index (χ1n) is 22.3. The van der Waals surface area contributed by atoms with Gasteiger partial charge in [0.25, 0.3) is 0 Å². The van der Waals surface area contributed by atoms with Gasteiger partial charge in [0.1, 0.15) is 29.1 Å². The van der Waals surface area contributed by atoms with Crippen molar-refractivity contribution in [3.8, 4) is 34.4 Å². The summed E-state index contributed by atoms with van der Waals surface area (Å²) in [4.78, 5) is 9.93. The number of nitrogens with zero attached hydrogens (tertiary/aromatic N) is 2. The maximum atomic E-state index is 7.26. The number of hydrogen-bond acceptors (Lipinski definition) is 6. The first kappa shape index (κ1) is 43.4. The van der Waals surface area contributed by atoms with Crippen molar-refractivity contribution in [3.05, 3.63) is 118 Å². The lowest BCUT2D eigenvalue weighted by Gasteiger charge is -2.50. The van der Waals surface area contributed by atoms with Gasteiger partial charge < -0.3 is 18.5 Å². The molecule has 6 aromatic rings. The number of benzene rings is 4. The molecule has 0 bridgehead atoms. The molecular formula is C53H64N2O4P2. The number of ether oxygens (including phenoxy) is 2. The fourth-order valence-corrected chi connectivity index (χ4v) is 12.0. The third-order valence-electron chi connectivity index (χ3n) is 15.1. The van der Waals surface area contributed by atoms with Crippen molar-refractivity contribution in [1.29, 1.82) is 0 Å². The Morgan fingerprint density at radius 3 is 1.69 bits per heavy atom. The monoisotopic (exact) mass is 854 g/mol. The molecule has 0 amide bonds. The van der Waals surface area contributed by atoms with Gasteiger partial charge in [-0.25, -0.2) is 9.97 Å². The molecule has 6 atom stereocenters. The minimum atomic E-state index is -0.690. The smallest absolute Gasteiger partial charge is 0.214 e. The van der Waals surface area contributed by atoms with Gasteiger partial charge in [-0.15, -0.1) is 0 Å². The van der Waals surface area contributed by atoms with Gasteiger partial charge in [0, 0.05) is 56.0 Å². The van der Waals surface area contributed by atoms with Crippen LogP contribution in [0.3, 0.4) is 0 Å². The van der Waals surface area contributed by atoms with Crippen molar-refractivity contribution in [2.24, 2.45) is 0 Å². The molecule has 6 unspecified atom stereocenters. The molecule has 0 saturated heterocycles. The molecule has 2 aromatic heterocycles. The predicted molar refractivity (Wildman–Crippen MR) is 258 cm³/mol. The Bertz CT molecular complexity index is 2660. The van der Waals surface area contributed by atoms with Gasteiger partial charge >= 0.3 is 0 Å². The summed E-state index contributed by atoms with van der Waals surface area (Å²) in [7, 11) is 0.0822. The minimum absolute atomic E-state index is 0.0201. The molecule has 2 aliphatic heterocycles. The Morgan fingerprint density at radius 2 is 1.15 bits per heavy atom. The van der Waals surface area contributed by atoms with Crippen LogP contribution in [0.1, 0.15) is 135 Å². The van der Waals surface area contributed by atoms with Gasteiger partial charge in [-0.3, -0.25) is 0 Å².